The predicted molar refractivity (Wildman–Crippen MR) is 158 cm³/mol. The van der Waals surface area contributed by atoms with Crippen molar-refractivity contribution in [1.29, 1.82) is 5.41 Å². The molecule has 0 saturated heterocycles. The normalized spacial score (nSPS) is 11.9. The van der Waals surface area contributed by atoms with E-state index >= 15 is 0 Å². The number of allylic oxidation sites excluding steroid dienone is 1. The van der Waals surface area contributed by atoms with Crippen LogP contribution in [0.5, 0.6) is 0 Å². The quantitative estimate of drug-likeness (QED) is 0.190. The minimum absolute atomic E-state index is 0.224. The van der Waals surface area contributed by atoms with Gasteiger partial charge in [0.05, 0.1) is 15.9 Å². The van der Waals surface area contributed by atoms with Crippen molar-refractivity contribution in [2.24, 2.45) is 4.99 Å². The Morgan fingerprint density at radius 1 is 0.730 bits per heavy atom. The molecule has 0 aliphatic rings. The van der Waals surface area contributed by atoms with E-state index in [0.29, 0.717) is 0 Å². The Hall–Kier alpha value is -4.67. The van der Waals surface area contributed by atoms with Crippen LogP contribution in [0.25, 0.3) is 37.6 Å². The summed E-state index contributed by atoms with van der Waals surface area (Å²) in [6.45, 7) is 0. The molecule has 0 aliphatic heterocycles. The van der Waals surface area contributed by atoms with Crippen molar-refractivity contribution in [2.75, 3.05) is 0 Å². The summed E-state index contributed by atoms with van der Waals surface area (Å²) in [5.74, 6) is 0.224. The van der Waals surface area contributed by atoms with Crippen LogP contribution in [0.3, 0.4) is 0 Å². The number of fused-ring (bicyclic) bond motifs is 3. The molecule has 1 heterocycles. The number of nitrogens with zero attached hydrogens (tertiary/aromatic N) is 2. The number of benzene rings is 5. The molecule has 176 valence electrons. The molecule has 4 heteroatoms. The van der Waals surface area contributed by atoms with Crippen molar-refractivity contribution in [3.05, 3.63) is 144 Å². The molecule has 0 saturated carbocycles. The third-order valence-corrected chi connectivity index (χ3v) is 7.27. The second-order valence-electron chi connectivity index (χ2n) is 8.69. The van der Waals surface area contributed by atoms with E-state index < -0.39 is 0 Å². The standard InChI is InChI=1S/C33H23N3S/c34-32(35-29(24-12-6-2-7-13-24)20-16-23-10-4-1-5-11-23)27-17-19-28-26(22-27)18-21-30-31(28)36-33(37-30)25-14-8-3-9-15-25/h1-22,34H/b20-16+,34-32?,35-29?. The van der Waals surface area contributed by atoms with Gasteiger partial charge in [0.2, 0.25) is 0 Å². The molecule has 3 nitrogen and oxygen atoms in total. The van der Waals surface area contributed by atoms with Gasteiger partial charge in [-0.25, -0.2) is 9.98 Å². The first kappa shape index (κ1) is 22.8. The molecule has 0 bridgehead atoms. The topological polar surface area (TPSA) is 49.1 Å². The predicted octanol–water partition coefficient (Wildman–Crippen LogP) is 8.64. The van der Waals surface area contributed by atoms with Gasteiger partial charge in [0, 0.05) is 22.1 Å². The third kappa shape index (κ3) is 4.88. The highest BCUT2D eigenvalue weighted by atomic mass is 32.1. The lowest BCUT2D eigenvalue weighted by molar-refractivity contribution is 1.42. The van der Waals surface area contributed by atoms with Gasteiger partial charge >= 0.3 is 0 Å². The van der Waals surface area contributed by atoms with Crippen LogP contribution >= 0.6 is 11.3 Å². The van der Waals surface area contributed by atoms with Crippen LogP contribution in [0, 0.1) is 5.41 Å². The van der Waals surface area contributed by atoms with Crippen molar-refractivity contribution >= 4 is 49.9 Å². The van der Waals surface area contributed by atoms with Gasteiger partial charge in [-0.05, 0) is 29.2 Å². The van der Waals surface area contributed by atoms with Gasteiger partial charge in [-0.15, -0.1) is 11.3 Å². The Labute approximate surface area is 219 Å². The fourth-order valence-electron chi connectivity index (χ4n) is 4.30. The number of aliphatic imine (C=N–C) groups is 1. The number of aromatic nitrogens is 1. The van der Waals surface area contributed by atoms with Crippen molar-refractivity contribution in [3.63, 3.8) is 0 Å². The van der Waals surface area contributed by atoms with E-state index in [1.165, 1.54) is 0 Å². The number of nitrogens with one attached hydrogen (secondary N) is 1. The Bertz CT molecular complexity index is 1770. The molecule has 0 aliphatic carbocycles. The van der Waals surface area contributed by atoms with Crippen LogP contribution in [0.2, 0.25) is 0 Å². The van der Waals surface area contributed by atoms with E-state index in [1.807, 2.05) is 91.0 Å². The second kappa shape index (κ2) is 10.1. The minimum atomic E-state index is 0.224. The fraction of sp³-hybridized carbons (Fsp3) is 0. The summed E-state index contributed by atoms with van der Waals surface area (Å²) in [6, 6.07) is 40.7. The Kier molecular flexibility index (Phi) is 6.24. The third-order valence-electron chi connectivity index (χ3n) is 6.20. The zero-order valence-corrected chi connectivity index (χ0v) is 20.8. The van der Waals surface area contributed by atoms with Crippen LogP contribution in [0.1, 0.15) is 16.7 Å². The smallest absolute Gasteiger partial charge is 0.152 e. The lowest BCUT2D eigenvalue weighted by Crippen LogP contribution is -2.03. The second-order valence-corrected chi connectivity index (χ2v) is 9.72. The molecule has 0 fully saturated rings. The average Bonchev–Trinajstić information content (AvgIpc) is 3.41. The highest BCUT2D eigenvalue weighted by molar-refractivity contribution is 7.21. The van der Waals surface area contributed by atoms with Gasteiger partial charge in [0.1, 0.15) is 5.01 Å². The van der Waals surface area contributed by atoms with Gasteiger partial charge in [-0.3, -0.25) is 5.41 Å². The summed E-state index contributed by atoms with van der Waals surface area (Å²) in [5, 5.41) is 12.0. The molecule has 6 aromatic rings. The van der Waals surface area contributed by atoms with Gasteiger partial charge in [-0.2, -0.15) is 0 Å². The van der Waals surface area contributed by atoms with Crippen molar-refractivity contribution in [3.8, 4) is 10.6 Å². The van der Waals surface area contributed by atoms with Crippen molar-refractivity contribution < 1.29 is 0 Å². The largest absolute Gasteiger partial charge is 0.282 e. The molecular weight excluding hydrogens is 470 g/mol. The molecule has 0 amide bonds. The van der Waals surface area contributed by atoms with Gasteiger partial charge in [0.15, 0.2) is 5.84 Å². The van der Waals surface area contributed by atoms with Gasteiger partial charge in [0.25, 0.3) is 0 Å². The molecule has 0 spiro atoms. The summed E-state index contributed by atoms with van der Waals surface area (Å²) >= 11 is 1.70. The molecule has 5 aromatic carbocycles. The van der Waals surface area contributed by atoms with Crippen molar-refractivity contribution in [1.82, 2.24) is 4.98 Å². The first-order chi connectivity index (χ1) is 18.2. The summed E-state index contributed by atoms with van der Waals surface area (Å²) in [4.78, 5) is 9.70. The van der Waals surface area contributed by atoms with E-state index in [9.17, 15) is 0 Å². The first-order valence-electron chi connectivity index (χ1n) is 12.1. The van der Waals surface area contributed by atoms with Crippen LogP contribution in [0.4, 0.5) is 0 Å². The van der Waals surface area contributed by atoms with Crippen LogP contribution in [-0.2, 0) is 0 Å². The fourth-order valence-corrected chi connectivity index (χ4v) is 5.29. The Morgan fingerprint density at radius 3 is 2.19 bits per heavy atom. The lowest BCUT2D eigenvalue weighted by atomic mass is 10.0. The minimum Gasteiger partial charge on any atom is -0.282 e. The molecule has 0 radical (unpaired) electrons. The van der Waals surface area contributed by atoms with Crippen LogP contribution in [0.15, 0.2) is 132 Å². The SMILES string of the molecule is N=C(N=C(/C=C/c1ccccc1)c1ccccc1)c1ccc2c(ccc3sc(-c4ccccc4)nc32)c1. The van der Waals surface area contributed by atoms with Gasteiger partial charge < -0.3 is 0 Å². The maximum atomic E-state index is 8.81. The zero-order valence-electron chi connectivity index (χ0n) is 20.0. The highest BCUT2D eigenvalue weighted by Crippen LogP contribution is 2.34. The van der Waals surface area contributed by atoms with Crippen LogP contribution in [-0.4, -0.2) is 16.5 Å². The van der Waals surface area contributed by atoms with Gasteiger partial charge in [-0.1, -0.05) is 115 Å². The number of thiazole rings is 1. The Balaban J connectivity index is 1.37. The van der Waals surface area contributed by atoms with E-state index in [4.69, 9.17) is 15.4 Å². The molecule has 1 aromatic heterocycles. The number of rotatable bonds is 5. The summed E-state index contributed by atoms with van der Waals surface area (Å²) < 4.78 is 1.16. The monoisotopic (exact) mass is 493 g/mol. The van der Waals surface area contributed by atoms with E-state index in [2.05, 4.69) is 42.5 Å². The molecule has 0 unspecified atom stereocenters. The first-order valence-corrected chi connectivity index (χ1v) is 12.9. The van der Waals surface area contributed by atoms with E-state index in [-0.39, 0.29) is 5.84 Å². The number of hydrogen-bond donors (Lipinski definition) is 1. The van der Waals surface area contributed by atoms with E-state index in [1.54, 1.807) is 11.3 Å². The summed E-state index contributed by atoms with van der Waals surface area (Å²) in [6.07, 6.45) is 4.01. The number of amidine groups is 1. The zero-order chi connectivity index (χ0) is 25.0. The molecule has 6 rings (SSSR count). The number of hydrogen-bond acceptors (Lipinski definition) is 3. The lowest BCUT2D eigenvalue weighted by Gasteiger charge is -2.06. The highest BCUT2D eigenvalue weighted by Gasteiger charge is 2.11. The molecule has 37 heavy (non-hydrogen) atoms. The van der Waals surface area contributed by atoms with E-state index in [0.717, 1.165) is 54.0 Å². The maximum Gasteiger partial charge on any atom is 0.152 e. The summed E-state index contributed by atoms with van der Waals surface area (Å²) in [5.41, 5.74) is 5.70. The Morgan fingerprint density at radius 2 is 1.43 bits per heavy atom. The average molecular weight is 494 g/mol. The summed E-state index contributed by atoms with van der Waals surface area (Å²) in [7, 11) is 0. The van der Waals surface area contributed by atoms with Crippen molar-refractivity contribution in [2.45, 2.75) is 0 Å². The maximum absolute atomic E-state index is 8.81. The molecule has 0 atom stereocenters. The molecule has 1 N–H and O–H groups in total. The van der Waals surface area contributed by atoms with Crippen LogP contribution < -0.4 is 0 Å². The molecular formula is C33H23N3S.